The van der Waals surface area contributed by atoms with E-state index in [1.165, 1.54) is 131 Å². The van der Waals surface area contributed by atoms with E-state index in [2.05, 4.69) is 302 Å². The third-order valence-corrected chi connectivity index (χ3v) is 24.7. The molecule has 2 aliphatic rings. The van der Waals surface area contributed by atoms with Gasteiger partial charge in [0, 0.05) is 29.3 Å². The Hall–Kier alpha value is -11.6. The number of nitrogens with one attached hydrogen (secondary N) is 2. The third kappa shape index (κ3) is 9.21. The lowest BCUT2D eigenvalue weighted by Crippen LogP contribution is -2.20. The van der Waals surface area contributed by atoms with Crippen LogP contribution in [0.1, 0.15) is 9.75 Å². The Bertz CT molecular complexity index is 6170. The number of carbonyl (C=O) groups excluding carboxylic acids is 2. The van der Waals surface area contributed by atoms with Crippen molar-refractivity contribution in [3.63, 3.8) is 0 Å². The zero-order chi connectivity index (χ0) is 64.7. The van der Waals surface area contributed by atoms with Gasteiger partial charge in [0.25, 0.3) is 11.8 Å². The van der Waals surface area contributed by atoms with Crippen molar-refractivity contribution in [1.82, 2.24) is 10.6 Å². The average molecular weight is 1320 g/mol. The summed E-state index contributed by atoms with van der Waals surface area (Å²) in [6.07, 6.45) is 0. The highest BCUT2D eigenvalue weighted by Gasteiger charge is 2.42. The van der Waals surface area contributed by atoms with Crippen molar-refractivity contribution in [2.24, 2.45) is 0 Å². The van der Waals surface area contributed by atoms with Crippen LogP contribution in [0.3, 0.4) is 0 Å². The van der Waals surface area contributed by atoms with E-state index in [-0.39, 0.29) is 11.8 Å². The van der Waals surface area contributed by atoms with Crippen LogP contribution in [0, 0.1) is 0 Å². The van der Waals surface area contributed by atoms with Gasteiger partial charge in [-0.3, -0.25) is 9.59 Å². The van der Waals surface area contributed by atoms with E-state index < -0.39 is 0 Å². The van der Waals surface area contributed by atoms with Crippen LogP contribution in [0.15, 0.2) is 314 Å². The van der Waals surface area contributed by atoms with Gasteiger partial charge >= 0.3 is 0 Å². The van der Waals surface area contributed by atoms with Crippen molar-refractivity contribution in [3.8, 4) is 84.9 Å². The molecule has 14 aromatic carbocycles. The maximum Gasteiger partial charge on any atom is 0.258 e. The second-order valence-electron chi connectivity index (χ2n) is 25.4. The molecule has 458 valence electrons. The predicted molar refractivity (Wildman–Crippen MR) is 418 cm³/mol. The Balaban J connectivity index is 0.625. The number of amides is 2. The minimum absolute atomic E-state index is 0.281. The highest BCUT2D eigenvalue weighted by atomic mass is 32.1. The van der Waals surface area contributed by atoms with E-state index in [4.69, 9.17) is 0 Å². The fourth-order valence-electron chi connectivity index (χ4n) is 15.3. The molecule has 4 aromatic heterocycles. The molecule has 0 bridgehead atoms. The van der Waals surface area contributed by atoms with Gasteiger partial charge in [-0.2, -0.15) is 0 Å². The first-order valence-corrected chi connectivity index (χ1v) is 36.1. The summed E-state index contributed by atoms with van der Waals surface area (Å²) in [6.45, 7) is 0. The normalized spacial score (nSPS) is 13.2. The Morgan fingerprint density at radius 3 is 0.765 bits per heavy atom. The van der Waals surface area contributed by atoms with E-state index in [0.717, 1.165) is 50.1 Å². The number of rotatable bonds is 10. The van der Waals surface area contributed by atoms with Gasteiger partial charge < -0.3 is 10.6 Å². The van der Waals surface area contributed by atoms with Crippen molar-refractivity contribution in [3.05, 3.63) is 324 Å². The molecule has 0 atom stereocenters. The summed E-state index contributed by atoms with van der Waals surface area (Å²) >= 11 is 6.68. The van der Waals surface area contributed by atoms with Gasteiger partial charge in [-0.15, -0.1) is 45.3 Å². The maximum absolute atomic E-state index is 14.2. The Kier molecular flexibility index (Phi) is 13.0. The number of hydrogen-bond donors (Lipinski definition) is 2. The van der Waals surface area contributed by atoms with Crippen LogP contribution in [0.2, 0.25) is 0 Å². The predicted octanol–water partition coefficient (Wildman–Crippen LogP) is 24.9. The number of thiophene rings is 4. The first kappa shape index (κ1) is 56.7. The fourth-order valence-corrected chi connectivity index (χ4v) is 19.5. The molecule has 8 heteroatoms. The van der Waals surface area contributed by atoms with Crippen LogP contribution in [0.5, 0.6) is 0 Å². The standard InChI is InChI=1S/C90H52N2O2S4/c93-89-85-86(88(92-89)80-44-42-78(98-80)76-40-38-74(96-76)60-34-36-70-72(50-60)84(64-32-28-54-16-4-8-20-58(54)48-64)68-24-12-10-22-66(68)82(70)62-30-26-52-14-2-6-18-56(52)46-62)90(94)91-87(85)79-43-41-77(97-79)75-39-37-73(95-75)59-33-35-69-71(49-59)83(63-31-27-53-15-3-7-19-57(53)47-63)67-23-11-9-21-65(67)81(69)61-29-25-51-13-1-5-17-55(51)45-61/h1-50H,(H,91,94)(H,92,93). The summed E-state index contributed by atoms with van der Waals surface area (Å²) in [4.78, 5) is 36.8. The monoisotopic (exact) mass is 1320 g/mol. The van der Waals surface area contributed by atoms with Crippen molar-refractivity contribution in [1.29, 1.82) is 0 Å². The molecule has 0 saturated heterocycles. The molecule has 0 unspecified atom stereocenters. The molecular formula is C90H52N2O2S4. The maximum atomic E-state index is 14.2. The second kappa shape index (κ2) is 22.5. The Morgan fingerprint density at radius 1 is 0.194 bits per heavy atom. The van der Waals surface area contributed by atoms with Crippen LogP contribution in [0.25, 0.3) is 182 Å². The molecule has 18 aromatic rings. The molecule has 2 amide bonds. The molecule has 20 rings (SSSR count). The van der Waals surface area contributed by atoms with Crippen molar-refractivity contribution in [2.75, 3.05) is 0 Å². The molecule has 4 nitrogen and oxygen atoms in total. The van der Waals surface area contributed by atoms with E-state index in [1.807, 2.05) is 12.1 Å². The summed E-state index contributed by atoms with van der Waals surface area (Å²) in [7, 11) is 0. The second-order valence-corrected chi connectivity index (χ2v) is 29.8. The number of benzene rings is 14. The van der Waals surface area contributed by atoms with Crippen molar-refractivity contribution >= 4 is 155 Å². The molecule has 0 aliphatic carbocycles. The summed E-state index contributed by atoms with van der Waals surface area (Å²) < 4.78 is 0. The number of fused-ring (bicyclic) bond motifs is 9. The highest BCUT2D eigenvalue weighted by Crippen LogP contribution is 2.51. The van der Waals surface area contributed by atoms with Crippen LogP contribution >= 0.6 is 45.3 Å². The molecule has 2 N–H and O–H groups in total. The average Bonchev–Trinajstić information content (AvgIpc) is 1.12. The van der Waals surface area contributed by atoms with Crippen LogP contribution in [0.4, 0.5) is 0 Å². The van der Waals surface area contributed by atoms with Crippen LogP contribution in [-0.4, -0.2) is 11.8 Å². The van der Waals surface area contributed by atoms with E-state index >= 15 is 0 Å². The van der Waals surface area contributed by atoms with E-state index in [0.29, 0.717) is 22.5 Å². The summed E-state index contributed by atoms with van der Waals surface area (Å²) in [5.74, 6) is -0.561. The Morgan fingerprint density at radius 2 is 0.439 bits per heavy atom. The highest BCUT2D eigenvalue weighted by molar-refractivity contribution is 7.25. The first-order chi connectivity index (χ1) is 48.3. The van der Waals surface area contributed by atoms with Gasteiger partial charge in [0.15, 0.2) is 0 Å². The van der Waals surface area contributed by atoms with E-state index in [9.17, 15) is 9.59 Å². The summed E-state index contributed by atoms with van der Waals surface area (Å²) in [5.41, 5.74) is 13.8. The lowest BCUT2D eigenvalue weighted by Gasteiger charge is -2.19. The molecule has 0 fully saturated rings. The van der Waals surface area contributed by atoms with Gasteiger partial charge in [-0.05, 0) is 227 Å². The zero-order valence-corrected chi connectivity index (χ0v) is 55.6. The van der Waals surface area contributed by atoms with Gasteiger partial charge in [0.1, 0.15) is 0 Å². The quantitative estimate of drug-likeness (QED) is 0.134. The SMILES string of the molecule is O=C1NC(c2ccc(-c3ccc(-c4ccc5c(-c6ccc7ccccc7c6)c6ccccc6c(-c6ccc7ccccc7c6)c5c4)s3)s2)=C2C(=O)NC(c3ccc(-c4ccc(-c5ccc6c(-c7ccc8ccccc8c7)c7ccccc7c(-c7ccc8ccccc8c7)c6c5)s4)s3)=C12. The van der Waals surface area contributed by atoms with Gasteiger partial charge in [-0.1, -0.05) is 218 Å². The third-order valence-electron chi connectivity index (χ3n) is 19.9. The molecule has 0 radical (unpaired) electrons. The lowest BCUT2D eigenvalue weighted by atomic mass is 9.84. The molecule has 2 aliphatic heterocycles. The van der Waals surface area contributed by atoms with Crippen molar-refractivity contribution < 1.29 is 9.59 Å². The minimum atomic E-state index is -0.281. The number of hydrogen-bond acceptors (Lipinski definition) is 6. The molecule has 98 heavy (non-hydrogen) atoms. The topological polar surface area (TPSA) is 58.2 Å². The zero-order valence-electron chi connectivity index (χ0n) is 52.3. The lowest BCUT2D eigenvalue weighted by molar-refractivity contribution is -0.117. The van der Waals surface area contributed by atoms with E-state index in [1.54, 1.807) is 45.3 Å². The molecule has 0 saturated carbocycles. The molecule has 6 heterocycles. The first-order valence-electron chi connectivity index (χ1n) is 32.8. The Labute approximate surface area is 579 Å². The van der Waals surface area contributed by atoms with Crippen molar-refractivity contribution in [2.45, 2.75) is 0 Å². The van der Waals surface area contributed by atoms with Gasteiger partial charge in [-0.25, -0.2) is 0 Å². The molecule has 0 spiro atoms. The van der Waals surface area contributed by atoms with Gasteiger partial charge in [0.05, 0.1) is 32.3 Å². The number of carbonyl (C=O) groups is 2. The van der Waals surface area contributed by atoms with Crippen LogP contribution in [-0.2, 0) is 9.59 Å². The smallest absolute Gasteiger partial charge is 0.258 e. The molecular weight excluding hydrogens is 1270 g/mol. The fraction of sp³-hybridized carbons (Fsp3) is 0. The largest absolute Gasteiger partial charge is 0.320 e. The van der Waals surface area contributed by atoms with Gasteiger partial charge in [0.2, 0.25) is 0 Å². The summed E-state index contributed by atoms with van der Waals surface area (Å²) in [5, 5.41) is 25.7. The van der Waals surface area contributed by atoms with Crippen LogP contribution < -0.4 is 10.6 Å². The minimum Gasteiger partial charge on any atom is -0.320 e. The summed E-state index contributed by atoms with van der Waals surface area (Å²) in [6, 6.07) is 111.